The Hall–Kier alpha value is -1.81. The van der Waals surface area contributed by atoms with Crippen molar-refractivity contribution < 1.29 is 14.6 Å². The maximum Gasteiger partial charge on any atom is 0.343 e. The molecular formula is C13H14ClNO3. The Bertz CT molecular complexity index is 503. The molecule has 4 nitrogen and oxygen atoms in total. The fraction of sp³-hybridized carbons (Fsp3) is 0.231. The normalized spacial score (nSPS) is 13.0. The van der Waals surface area contributed by atoms with Crippen LogP contribution in [0.3, 0.4) is 0 Å². The quantitative estimate of drug-likeness (QED) is 0.396. The Balaban J connectivity index is 3.35. The lowest BCUT2D eigenvalue weighted by atomic mass is 10.1. The molecule has 18 heavy (non-hydrogen) atoms. The van der Waals surface area contributed by atoms with Gasteiger partial charge < -0.3 is 9.84 Å². The molecule has 0 heterocycles. The first-order chi connectivity index (χ1) is 8.51. The van der Waals surface area contributed by atoms with Gasteiger partial charge in [0.15, 0.2) is 0 Å². The third kappa shape index (κ3) is 3.11. The summed E-state index contributed by atoms with van der Waals surface area (Å²) in [5, 5.41) is 10.7. The lowest BCUT2D eigenvalue weighted by Crippen LogP contribution is -2.14. The number of halogens is 1. The standard InChI is InChI=1S/C13H14ClNO3/c1-8(15-2)11(13(17)18-3)12(16)9-4-6-10(14)7-5-9/h4-7,16H,1-3H3/b12-11-,15-8?. The molecule has 1 aromatic rings. The third-order valence-corrected chi connectivity index (χ3v) is 2.69. The second-order valence-electron chi connectivity index (χ2n) is 3.53. The Morgan fingerprint density at radius 3 is 2.33 bits per heavy atom. The van der Waals surface area contributed by atoms with E-state index in [9.17, 15) is 9.90 Å². The van der Waals surface area contributed by atoms with E-state index in [0.29, 0.717) is 16.3 Å². The summed E-state index contributed by atoms with van der Waals surface area (Å²) < 4.78 is 4.64. The summed E-state index contributed by atoms with van der Waals surface area (Å²) in [6.07, 6.45) is 0. The zero-order chi connectivity index (χ0) is 13.7. The molecule has 0 aromatic heterocycles. The first-order valence-corrected chi connectivity index (χ1v) is 5.60. The molecule has 0 saturated carbocycles. The molecule has 0 spiro atoms. The molecule has 96 valence electrons. The van der Waals surface area contributed by atoms with Crippen LogP contribution >= 0.6 is 11.6 Å². The largest absolute Gasteiger partial charge is 0.506 e. The number of nitrogens with zero attached hydrogens (tertiary/aromatic N) is 1. The number of hydrogen-bond acceptors (Lipinski definition) is 4. The zero-order valence-corrected chi connectivity index (χ0v) is 11.2. The topological polar surface area (TPSA) is 58.9 Å². The second kappa shape index (κ2) is 6.21. The van der Waals surface area contributed by atoms with E-state index in [-0.39, 0.29) is 11.3 Å². The van der Waals surface area contributed by atoms with Crippen molar-refractivity contribution in [3.05, 3.63) is 40.4 Å². The van der Waals surface area contributed by atoms with Crippen LogP contribution in [0.15, 0.2) is 34.8 Å². The van der Waals surface area contributed by atoms with Crippen LogP contribution in [0.2, 0.25) is 5.02 Å². The summed E-state index contributed by atoms with van der Waals surface area (Å²) in [7, 11) is 2.79. The highest BCUT2D eigenvalue weighted by Gasteiger charge is 2.19. The number of carbonyl (C=O) groups is 1. The van der Waals surface area contributed by atoms with Crippen molar-refractivity contribution in [1.82, 2.24) is 0 Å². The highest BCUT2D eigenvalue weighted by Crippen LogP contribution is 2.20. The molecule has 1 rings (SSSR count). The third-order valence-electron chi connectivity index (χ3n) is 2.44. The van der Waals surface area contributed by atoms with Gasteiger partial charge in [-0.05, 0) is 31.2 Å². The number of carbonyl (C=O) groups excluding carboxylic acids is 1. The van der Waals surface area contributed by atoms with Crippen LogP contribution in [0.4, 0.5) is 0 Å². The zero-order valence-electron chi connectivity index (χ0n) is 10.4. The fourth-order valence-corrected chi connectivity index (χ4v) is 1.51. The van der Waals surface area contributed by atoms with Gasteiger partial charge in [0.1, 0.15) is 11.3 Å². The molecule has 0 amide bonds. The van der Waals surface area contributed by atoms with Gasteiger partial charge in [0.25, 0.3) is 0 Å². The molecular weight excluding hydrogens is 254 g/mol. The van der Waals surface area contributed by atoms with Gasteiger partial charge in [-0.2, -0.15) is 0 Å². The SMILES string of the molecule is CN=C(C)/C(C(=O)OC)=C(/O)c1ccc(Cl)cc1. The summed E-state index contributed by atoms with van der Waals surface area (Å²) in [5.41, 5.74) is 0.916. The lowest BCUT2D eigenvalue weighted by Gasteiger charge is -2.09. The predicted molar refractivity (Wildman–Crippen MR) is 72.0 cm³/mol. The van der Waals surface area contributed by atoms with Crippen molar-refractivity contribution in [3.8, 4) is 0 Å². The van der Waals surface area contributed by atoms with Crippen molar-refractivity contribution >= 4 is 29.0 Å². The van der Waals surface area contributed by atoms with E-state index in [1.54, 1.807) is 31.2 Å². The molecule has 0 radical (unpaired) electrons. The van der Waals surface area contributed by atoms with Crippen molar-refractivity contribution in [2.45, 2.75) is 6.92 Å². The summed E-state index contributed by atoms with van der Waals surface area (Å²) >= 11 is 5.76. The van der Waals surface area contributed by atoms with E-state index in [4.69, 9.17) is 11.6 Å². The summed E-state index contributed by atoms with van der Waals surface area (Å²) in [6, 6.07) is 6.48. The van der Waals surface area contributed by atoms with Crippen LogP contribution in [0, 0.1) is 0 Å². The number of rotatable bonds is 3. The molecule has 0 fully saturated rings. The smallest absolute Gasteiger partial charge is 0.343 e. The van der Waals surface area contributed by atoms with Crippen LogP contribution in [-0.2, 0) is 9.53 Å². The van der Waals surface area contributed by atoms with Gasteiger partial charge in [-0.3, -0.25) is 4.99 Å². The minimum atomic E-state index is -0.634. The number of aliphatic hydroxyl groups excluding tert-OH is 1. The summed E-state index contributed by atoms with van der Waals surface area (Å²) in [5.74, 6) is -0.813. The number of hydrogen-bond donors (Lipinski definition) is 1. The minimum absolute atomic E-state index is 0.0438. The number of benzene rings is 1. The molecule has 0 aliphatic heterocycles. The molecule has 1 aromatic carbocycles. The highest BCUT2D eigenvalue weighted by atomic mass is 35.5. The molecule has 5 heteroatoms. The Morgan fingerprint density at radius 1 is 1.33 bits per heavy atom. The number of methoxy groups -OCH3 is 1. The molecule has 0 bridgehead atoms. The van der Waals surface area contributed by atoms with E-state index >= 15 is 0 Å². The maximum absolute atomic E-state index is 11.6. The predicted octanol–water partition coefficient (Wildman–Crippen LogP) is 2.87. The number of ether oxygens (including phenoxy) is 1. The van der Waals surface area contributed by atoms with Crippen molar-refractivity contribution in [2.24, 2.45) is 4.99 Å². The Kier molecular flexibility index (Phi) is 4.92. The molecule has 0 atom stereocenters. The van der Waals surface area contributed by atoms with Crippen molar-refractivity contribution in [1.29, 1.82) is 0 Å². The average Bonchev–Trinajstić information content (AvgIpc) is 2.39. The number of aliphatic imine (C=N–C) groups is 1. The summed E-state index contributed by atoms with van der Waals surface area (Å²) in [6.45, 7) is 1.62. The van der Waals surface area contributed by atoms with Gasteiger partial charge in [-0.1, -0.05) is 11.6 Å². The Morgan fingerprint density at radius 2 is 1.89 bits per heavy atom. The molecule has 0 saturated heterocycles. The van der Waals surface area contributed by atoms with Gasteiger partial charge >= 0.3 is 5.97 Å². The maximum atomic E-state index is 11.6. The van der Waals surface area contributed by atoms with Gasteiger partial charge in [-0.25, -0.2) is 4.79 Å². The van der Waals surface area contributed by atoms with E-state index in [2.05, 4.69) is 9.73 Å². The van der Waals surface area contributed by atoms with Gasteiger partial charge in [0.05, 0.1) is 7.11 Å². The lowest BCUT2D eigenvalue weighted by molar-refractivity contribution is -0.135. The van der Waals surface area contributed by atoms with Crippen LogP contribution in [-0.4, -0.2) is 30.9 Å². The molecule has 0 aliphatic carbocycles. The van der Waals surface area contributed by atoms with E-state index in [1.165, 1.54) is 14.2 Å². The second-order valence-corrected chi connectivity index (χ2v) is 3.97. The van der Waals surface area contributed by atoms with Gasteiger partial charge in [0.2, 0.25) is 0 Å². The van der Waals surface area contributed by atoms with Crippen LogP contribution in [0.5, 0.6) is 0 Å². The van der Waals surface area contributed by atoms with Crippen LogP contribution < -0.4 is 0 Å². The first-order valence-electron chi connectivity index (χ1n) is 5.22. The van der Waals surface area contributed by atoms with Crippen LogP contribution in [0.25, 0.3) is 5.76 Å². The molecule has 0 aliphatic rings. The fourth-order valence-electron chi connectivity index (χ4n) is 1.38. The van der Waals surface area contributed by atoms with E-state index in [0.717, 1.165) is 0 Å². The summed E-state index contributed by atoms with van der Waals surface area (Å²) in [4.78, 5) is 15.5. The van der Waals surface area contributed by atoms with E-state index in [1.807, 2.05) is 0 Å². The highest BCUT2D eigenvalue weighted by molar-refractivity contribution is 6.30. The monoisotopic (exact) mass is 267 g/mol. The molecule has 0 unspecified atom stereocenters. The van der Waals surface area contributed by atoms with Gasteiger partial charge in [0, 0.05) is 23.3 Å². The van der Waals surface area contributed by atoms with Crippen molar-refractivity contribution in [3.63, 3.8) is 0 Å². The average molecular weight is 268 g/mol. The minimum Gasteiger partial charge on any atom is -0.506 e. The molecule has 1 N–H and O–H groups in total. The van der Waals surface area contributed by atoms with E-state index < -0.39 is 5.97 Å². The first kappa shape index (κ1) is 14.3. The van der Waals surface area contributed by atoms with Crippen molar-refractivity contribution in [2.75, 3.05) is 14.2 Å². The Labute approximate surface area is 111 Å². The van der Waals surface area contributed by atoms with Gasteiger partial charge in [-0.15, -0.1) is 0 Å². The number of aliphatic hydroxyl groups is 1. The van der Waals surface area contributed by atoms with Crippen LogP contribution in [0.1, 0.15) is 12.5 Å². The number of esters is 1.